The maximum absolute atomic E-state index is 12.0. The summed E-state index contributed by atoms with van der Waals surface area (Å²) >= 11 is 0. The van der Waals surface area contributed by atoms with E-state index in [1.807, 2.05) is 4.90 Å². The minimum Gasteiger partial charge on any atom is -0.340 e. The Bertz CT molecular complexity index is 238. The summed E-state index contributed by atoms with van der Waals surface area (Å²) in [6.07, 6.45) is 7.77. The van der Waals surface area contributed by atoms with Crippen LogP contribution in [-0.4, -0.2) is 55.0 Å². The van der Waals surface area contributed by atoms with Gasteiger partial charge in [0.1, 0.15) is 0 Å². The van der Waals surface area contributed by atoms with E-state index in [-0.39, 0.29) is 0 Å². The van der Waals surface area contributed by atoms with Crippen molar-refractivity contribution in [1.82, 2.24) is 9.80 Å². The molecule has 1 rings (SSSR count). The molecule has 1 heterocycles. The van der Waals surface area contributed by atoms with Gasteiger partial charge in [-0.1, -0.05) is 26.2 Å². The number of carbonyl (C=O) groups is 1. The Morgan fingerprint density at radius 2 is 1.74 bits per heavy atom. The third-order valence-corrected chi connectivity index (χ3v) is 3.90. The number of hydrogen-bond donors (Lipinski definition) is 1. The fourth-order valence-corrected chi connectivity index (χ4v) is 2.56. The zero-order chi connectivity index (χ0) is 13.9. The van der Waals surface area contributed by atoms with E-state index in [1.165, 1.54) is 25.7 Å². The molecule has 0 aliphatic carbocycles. The van der Waals surface area contributed by atoms with E-state index in [4.69, 9.17) is 5.73 Å². The number of nitrogens with zero attached hydrogens (tertiary/aromatic N) is 2. The predicted molar refractivity (Wildman–Crippen MR) is 80.1 cm³/mol. The van der Waals surface area contributed by atoms with Gasteiger partial charge in [-0.2, -0.15) is 0 Å². The van der Waals surface area contributed by atoms with Gasteiger partial charge in [0.2, 0.25) is 5.91 Å². The van der Waals surface area contributed by atoms with Crippen LogP contribution in [0.4, 0.5) is 0 Å². The summed E-state index contributed by atoms with van der Waals surface area (Å²) in [7, 11) is 0. The molecule has 0 aromatic rings. The Morgan fingerprint density at radius 3 is 2.37 bits per heavy atom. The minimum atomic E-state index is 0.359. The molecule has 1 amide bonds. The van der Waals surface area contributed by atoms with Crippen molar-refractivity contribution < 1.29 is 4.79 Å². The quantitative estimate of drug-likeness (QED) is 0.650. The number of hydrogen-bond acceptors (Lipinski definition) is 3. The molecule has 0 saturated carbocycles. The number of nitrogens with two attached hydrogens (primary N) is 1. The normalized spacial score (nSPS) is 16.8. The Balaban J connectivity index is 2.09. The molecular weight excluding hydrogens is 238 g/mol. The van der Waals surface area contributed by atoms with Crippen LogP contribution in [0, 0.1) is 0 Å². The van der Waals surface area contributed by atoms with Gasteiger partial charge in [-0.25, -0.2) is 0 Å². The number of amides is 1. The standard InChI is InChI=1S/C15H31N3O/c1-2-3-4-5-8-15(19)18-13-11-17(12-14-18)10-7-6-9-16/h2-14,16H2,1H3. The van der Waals surface area contributed by atoms with Gasteiger partial charge in [0, 0.05) is 32.6 Å². The molecule has 4 heteroatoms. The van der Waals surface area contributed by atoms with E-state index in [1.54, 1.807) is 0 Å². The van der Waals surface area contributed by atoms with Crippen molar-refractivity contribution in [3.05, 3.63) is 0 Å². The number of unbranched alkanes of at least 4 members (excludes halogenated alkanes) is 4. The summed E-state index contributed by atoms with van der Waals surface area (Å²) in [6, 6.07) is 0. The summed E-state index contributed by atoms with van der Waals surface area (Å²) in [5.41, 5.74) is 5.50. The molecule has 1 aliphatic rings. The Kier molecular flexibility index (Phi) is 8.84. The molecule has 0 aromatic heterocycles. The fourth-order valence-electron chi connectivity index (χ4n) is 2.56. The first-order valence-electron chi connectivity index (χ1n) is 7.98. The van der Waals surface area contributed by atoms with Crippen LogP contribution in [-0.2, 0) is 4.79 Å². The maximum Gasteiger partial charge on any atom is 0.222 e. The summed E-state index contributed by atoms with van der Waals surface area (Å²) in [4.78, 5) is 16.5. The fraction of sp³-hybridized carbons (Fsp3) is 0.933. The lowest BCUT2D eigenvalue weighted by Crippen LogP contribution is -2.48. The second-order valence-electron chi connectivity index (χ2n) is 5.53. The Morgan fingerprint density at radius 1 is 1.00 bits per heavy atom. The molecule has 1 saturated heterocycles. The van der Waals surface area contributed by atoms with Crippen LogP contribution >= 0.6 is 0 Å². The lowest BCUT2D eigenvalue weighted by Gasteiger charge is -2.34. The summed E-state index contributed by atoms with van der Waals surface area (Å²) in [6.45, 7) is 8.01. The van der Waals surface area contributed by atoms with E-state index >= 15 is 0 Å². The molecule has 19 heavy (non-hydrogen) atoms. The van der Waals surface area contributed by atoms with Crippen LogP contribution in [0.5, 0.6) is 0 Å². The predicted octanol–water partition coefficient (Wildman–Crippen LogP) is 1.84. The highest BCUT2D eigenvalue weighted by Crippen LogP contribution is 2.08. The molecule has 2 N–H and O–H groups in total. The average molecular weight is 269 g/mol. The van der Waals surface area contributed by atoms with Crippen molar-refractivity contribution >= 4 is 5.91 Å². The molecule has 4 nitrogen and oxygen atoms in total. The van der Waals surface area contributed by atoms with E-state index < -0.39 is 0 Å². The summed E-state index contributed by atoms with van der Waals surface area (Å²) in [5.74, 6) is 0.359. The van der Waals surface area contributed by atoms with Gasteiger partial charge in [-0.15, -0.1) is 0 Å². The highest BCUT2D eigenvalue weighted by molar-refractivity contribution is 5.76. The van der Waals surface area contributed by atoms with Crippen molar-refractivity contribution in [3.63, 3.8) is 0 Å². The molecule has 0 bridgehead atoms. The van der Waals surface area contributed by atoms with Gasteiger partial charge < -0.3 is 10.6 Å². The minimum absolute atomic E-state index is 0.359. The molecule has 112 valence electrons. The van der Waals surface area contributed by atoms with Crippen LogP contribution in [0.15, 0.2) is 0 Å². The van der Waals surface area contributed by atoms with Crippen LogP contribution < -0.4 is 5.73 Å². The van der Waals surface area contributed by atoms with Crippen LogP contribution in [0.2, 0.25) is 0 Å². The van der Waals surface area contributed by atoms with E-state index in [2.05, 4.69) is 11.8 Å². The first kappa shape index (κ1) is 16.4. The van der Waals surface area contributed by atoms with E-state index in [0.29, 0.717) is 5.91 Å². The first-order chi connectivity index (χ1) is 9.27. The van der Waals surface area contributed by atoms with Crippen molar-refractivity contribution in [2.45, 2.75) is 51.9 Å². The topological polar surface area (TPSA) is 49.6 Å². The second kappa shape index (κ2) is 10.2. The second-order valence-corrected chi connectivity index (χ2v) is 5.53. The molecule has 0 spiro atoms. The van der Waals surface area contributed by atoms with E-state index in [0.717, 1.165) is 58.5 Å². The molecule has 0 unspecified atom stereocenters. The third kappa shape index (κ3) is 6.92. The van der Waals surface area contributed by atoms with Gasteiger partial charge in [0.15, 0.2) is 0 Å². The maximum atomic E-state index is 12.0. The van der Waals surface area contributed by atoms with Crippen molar-refractivity contribution in [2.24, 2.45) is 5.73 Å². The molecule has 0 radical (unpaired) electrons. The first-order valence-corrected chi connectivity index (χ1v) is 7.98. The Hall–Kier alpha value is -0.610. The van der Waals surface area contributed by atoms with Gasteiger partial charge in [-0.05, 0) is 32.4 Å². The summed E-state index contributed by atoms with van der Waals surface area (Å²) in [5, 5.41) is 0. The highest BCUT2D eigenvalue weighted by Gasteiger charge is 2.19. The largest absolute Gasteiger partial charge is 0.340 e. The highest BCUT2D eigenvalue weighted by atomic mass is 16.2. The molecule has 1 fully saturated rings. The molecule has 0 aromatic carbocycles. The summed E-state index contributed by atoms with van der Waals surface area (Å²) < 4.78 is 0. The van der Waals surface area contributed by atoms with E-state index in [9.17, 15) is 4.79 Å². The number of rotatable bonds is 9. The number of carbonyl (C=O) groups excluding carboxylic acids is 1. The van der Waals surface area contributed by atoms with Crippen LogP contribution in [0.3, 0.4) is 0 Å². The molecular formula is C15H31N3O. The zero-order valence-electron chi connectivity index (χ0n) is 12.6. The molecule has 1 aliphatic heterocycles. The van der Waals surface area contributed by atoms with Gasteiger partial charge >= 0.3 is 0 Å². The lowest BCUT2D eigenvalue weighted by atomic mass is 10.1. The van der Waals surface area contributed by atoms with Crippen molar-refractivity contribution in [1.29, 1.82) is 0 Å². The van der Waals surface area contributed by atoms with Gasteiger partial charge in [-0.3, -0.25) is 9.69 Å². The average Bonchev–Trinajstić information content (AvgIpc) is 2.44. The van der Waals surface area contributed by atoms with Crippen molar-refractivity contribution in [3.8, 4) is 0 Å². The van der Waals surface area contributed by atoms with Crippen molar-refractivity contribution in [2.75, 3.05) is 39.3 Å². The zero-order valence-corrected chi connectivity index (χ0v) is 12.6. The smallest absolute Gasteiger partial charge is 0.222 e. The van der Waals surface area contributed by atoms with Gasteiger partial charge in [0.25, 0.3) is 0 Å². The third-order valence-electron chi connectivity index (χ3n) is 3.90. The lowest BCUT2D eigenvalue weighted by molar-refractivity contribution is -0.133. The number of piperazine rings is 1. The van der Waals surface area contributed by atoms with Crippen LogP contribution in [0.25, 0.3) is 0 Å². The SMILES string of the molecule is CCCCCCC(=O)N1CCN(CCCCN)CC1. The van der Waals surface area contributed by atoms with Gasteiger partial charge in [0.05, 0.1) is 0 Å². The Labute approximate surface area is 118 Å². The van der Waals surface area contributed by atoms with Crippen LogP contribution in [0.1, 0.15) is 51.9 Å². The molecule has 0 atom stereocenters. The monoisotopic (exact) mass is 269 g/mol.